The summed E-state index contributed by atoms with van der Waals surface area (Å²) in [5, 5.41) is 2.81. The van der Waals surface area contributed by atoms with E-state index in [1.165, 1.54) is 6.92 Å². The lowest BCUT2D eigenvalue weighted by atomic mass is 10.1. The molecule has 0 aliphatic heterocycles. The molecular formula is C19H23N3O2. The first kappa shape index (κ1) is 17.7. The Bertz CT molecular complexity index is 686. The van der Waals surface area contributed by atoms with E-state index in [1.807, 2.05) is 42.5 Å². The van der Waals surface area contributed by atoms with Crippen molar-refractivity contribution in [1.82, 2.24) is 4.90 Å². The van der Waals surface area contributed by atoms with E-state index in [0.717, 1.165) is 17.7 Å². The molecule has 0 aromatic heterocycles. The molecule has 0 aliphatic carbocycles. The normalized spacial score (nSPS) is 10.2. The van der Waals surface area contributed by atoms with Gasteiger partial charge < -0.3 is 16.0 Å². The van der Waals surface area contributed by atoms with Gasteiger partial charge in [-0.05, 0) is 36.7 Å². The van der Waals surface area contributed by atoms with Crippen molar-refractivity contribution < 1.29 is 9.59 Å². The molecule has 0 bridgehead atoms. The van der Waals surface area contributed by atoms with E-state index in [2.05, 4.69) is 5.32 Å². The number of nitrogens with one attached hydrogen (secondary N) is 1. The van der Waals surface area contributed by atoms with Crippen molar-refractivity contribution in [2.45, 2.75) is 19.9 Å². The number of carbonyl (C=O) groups is 2. The lowest BCUT2D eigenvalue weighted by Gasteiger charge is -2.24. The first-order valence-corrected chi connectivity index (χ1v) is 8.01. The van der Waals surface area contributed by atoms with Crippen molar-refractivity contribution in [3.05, 3.63) is 65.7 Å². The van der Waals surface area contributed by atoms with Crippen molar-refractivity contribution in [1.29, 1.82) is 0 Å². The second-order valence-electron chi connectivity index (χ2n) is 5.57. The van der Waals surface area contributed by atoms with Crippen molar-refractivity contribution >= 4 is 17.5 Å². The highest BCUT2D eigenvalue weighted by atomic mass is 16.2. The summed E-state index contributed by atoms with van der Waals surface area (Å²) in [5.41, 5.74) is 7.88. The van der Waals surface area contributed by atoms with E-state index in [9.17, 15) is 9.59 Å². The van der Waals surface area contributed by atoms with Crippen molar-refractivity contribution in [3.63, 3.8) is 0 Å². The number of hydrogen-bond donors (Lipinski definition) is 2. The molecule has 0 fully saturated rings. The fourth-order valence-corrected chi connectivity index (χ4v) is 2.47. The van der Waals surface area contributed by atoms with Gasteiger partial charge in [0.1, 0.15) is 0 Å². The van der Waals surface area contributed by atoms with Gasteiger partial charge in [-0.1, -0.05) is 36.4 Å². The number of para-hydroxylation sites is 1. The molecule has 0 saturated heterocycles. The van der Waals surface area contributed by atoms with Crippen LogP contribution in [0.15, 0.2) is 54.6 Å². The van der Waals surface area contributed by atoms with Crippen LogP contribution in [0.1, 0.15) is 29.3 Å². The van der Waals surface area contributed by atoms with Gasteiger partial charge in [0.05, 0.1) is 0 Å². The highest BCUT2D eigenvalue weighted by molar-refractivity contribution is 5.94. The first-order chi connectivity index (χ1) is 11.6. The third-order valence-corrected chi connectivity index (χ3v) is 3.63. The molecule has 0 saturated carbocycles. The number of nitrogens with two attached hydrogens (primary N) is 1. The average Bonchev–Trinajstić information content (AvgIpc) is 2.59. The molecule has 24 heavy (non-hydrogen) atoms. The molecule has 126 valence electrons. The molecule has 2 rings (SSSR count). The minimum absolute atomic E-state index is 0.0401. The highest BCUT2D eigenvalue weighted by Crippen LogP contribution is 2.19. The number of hydrogen-bond acceptors (Lipinski definition) is 3. The van der Waals surface area contributed by atoms with Crippen LogP contribution >= 0.6 is 0 Å². The number of amides is 2. The van der Waals surface area contributed by atoms with Crippen molar-refractivity contribution in [3.8, 4) is 0 Å². The van der Waals surface area contributed by atoms with Crippen LogP contribution in [-0.2, 0) is 11.3 Å². The van der Waals surface area contributed by atoms with Gasteiger partial charge >= 0.3 is 0 Å². The Kier molecular flexibility index (Phi) is 6.51. The summed E-state index contributed by atoms with van der Waals surface area (Å²) in [5.74, 6) is -0.174. The summed E-state index contributed by atoms with van der Waals surface area (Å²) in [6.45, 7) is 2.98. The average molecular weight is 325 g/mol. The zero-order valence-electron chi connectivity index (χ0n) is 13.9. The van der Waals surface area contributed by atoms with Crippen LogP contribution in [0.2, 0.25) is 0 Å². The third-order valence-electron chi connectivity index (χ3n) is 3.63. The Labute approximate surface area is 142 Å². The Morgan fingerprint density at radius 3 is 2.38 bits per heavy atom. The zero-order valence-corrected chi connectivity index (χ0v) is 13.9. The van der Waals surface area contributed by atoms with E-state index < -0.39 is 0 Å². The lowest BCUT2D eigenvalue weighted by Crippen LogP contribution is -2.32. The fraction of sp³-hybridized carbons (Fsp3) is 0.263. The Morgan fingerprint density at radius 2 is 1.71 bits per heavy atom. The van der Waals surface area contributed by atoms with E-state index in [-0.39, 0.29) is 11.8 Å². The van der Waals surface area contributed by atoms with Crippen LogP contribution in [0.25, 0.3) is 0 Å². The molecule has 0 heterocycles. The van der Waals surface area contributed by atoms with Crippen LogP contribution in [0, 0.1) is 0 Å². The summed E-state index contributed by atoms with van der Waals surface area (Å²) in [6.07, 6.45) is 0.723. The predicted molar refractivity (Wildman–Crippen MR) is 95.6 cm³/mol. The van der Waals surface area contributed by atoms with Gasteiger partial charge in [0.2, 0.25) is 5.91 Å². The van der Waals surface area contributed by atoms with Crippen LogP contribution in [-0.4, -0.2) is 29.8 Å². The molecule has 0 atom stereocenters. The molecule has 0 radical (unpaired) electrons. The largest absolute Gasteiger partial charge is 0.334 e. The molecule has 2 aromatic carbocycles. The number of nitrogens with zero attached hydrogens (tertiary/aromatic N) is 1. The molecule has 5 heteroatoms. The summed E-state index contributed by atoms with van der Waals surface area (Å²) in [4.78, 5) is 25.9. The van der Waals surface area contributed by atoms with Gasteiger partial charge in [-0.3, -0.25) is 9.59 Å². The molecular weight excluding hydrogens is 302 g/mol. The van der Waals surface area contributed by atoms with E-state index in [0.29, 0.717) is 25.2 Å². The summed E-state index contributed by atoms with van der Waals surface area (Å²) in [7, 11) is 0. The smallest absolute Gasteiger partial charge is 0.254 e. The zero-order chi connectivity index (χ0) is 17.4. The van der Waals surface area contributed by atoms with Crippen LogP contribution < -0.4 is 11.1 Å². The second kappa shape index (κ2) is 8.84. The van der Waals surface area contributed by atoms with Crippen molar-refractivity contribution in [2.75, 3.05) is 18.4 Å². The number of carbonyl (C=O) groups excluding carboxylic acids is 2. The van der Waals surface area contributed by atoms with Gasteiger partial charge in [-0.15, -0.1) is 0 Å². The Balaban J connectivity index is 2.23. The van der Waals surface area contributed by atoms with Gasteiger partial charge in [0.15, 0.2) is 0 Å². The van der Waals surface area contributed by atoms with Crippen molar-refractivity contribution in [2.24, 2.45) is 5.73 Å². The molecule has 0 aliphatic rings. The number of benzene rings is 2. The maximum atomic E-state index is 12.8. The predicted octanol–water partition coefficient (Wildman–Crippen LogP) is 2.64. The molecule has 5 nitrogen and oxygen atoms in total. The van der Waals surface area contributed by atoms with Crippen LogP contribution in [0.4, 0.5) is 5.69 Å². The van der Waals surface area contributed by atoms with Gasteiger partial charge in [-0.25, -0.2) is 0 Å². The number of rotatable bonds is 7. The van der Waals surface area contributed by atoms with Crippen LogP contribution in [0.3, 0.4) is 0 Å². The summed E-state index contributed by atoms with van der Waals surface area (Å²) < 4.78 is 0. The standard InChI is InChI=1S/C19H23N3O2/c1-15(23)21-18-11-6-5-10-17(18)14-22(13-7-12-20)19(24)16-8-3-2-4-9-16/h2-6,8-11H,7,12-14,20H2,1H3,(H,21,23). The van der Waals surface area contributed by atoms with E-state index in [4.69, 9.17) is 5.73 Å². The maximum absolute atomic E-state index is 12.8. The molecule has 0 spiro atoms. The van der Waals surface area contributed by atoms with Gasteiger partial charge in [0, 0.05) is 31.3 Å². The SMILES string of the molecule is CC(=O)Nc1ccccc1CN(CCCN)C(=O)c1ccccc1. The number of anilines is 1. The monoisotopic (exact) mass is 325 g/mol. The first-order valence-electron chi connectivity index (χ1n) is 8.01. The minimum atomic E-state index is -0.134. The summed E-state index contributed by atoms with van der Waals surface area (Å²) >= 11 is 0. The molecule has 2 aromatic rings. The van der Waals surface area contributed by atoms with Gasteiger partial charge in [0.25, 0.3) is 5.91 Å². The van der Waals surface area contributed by atoms with E-state index >= 15 is 0 Å². The third kappa shape index (κ3) is 4.93. The maximum Gasteiger partial charge on any atom is 0.254 e. The Morgan fingerprint density at radius 1 is 1.04 bits per heavy atom. The molecule has 2 amide bonds. The second-order valence-corrected chi connectivity index (χ2v) is 5.57. The molecule has 0 unspecified atom stereocenters. The summed E-state index contributed by atoms with van der Waals surface area (Å²) in [6, 6.07) is 16.7. The van der Waals surface area contributed by atoms with E-state index in [1.54, 1.807) is 17.0 Å². The Hall–Kier alpha value is -2.66. The fourth-order valence-electron chi connectivity index (χ4n) is 2.47. The minimum Gasteiger partial charge on any atom is -0.334 e. The van der Waals surface area contributed by atoms with Crippen LogP contribution in [0.5, 0.6) is 0 Å². The molecule has 3 N–H and O–H groups in total. The lowest BCUT2D eigenvalue weighted by molar-refractivity contribution is -0.114. The topological polar surface area (TPSA) is 75.4 Å². The highest BCUT2D eigenvalue weighted by Gasteiger charge is 2.17. The quantitative estimate of drug-likeness (QED) is 0.822. The van der Waals surface area contributed by atoms with Gasteiger partial charge in [-0.2, -0.15) is 0 Å².